The average Bonchev–Trinajstić information content (AvgIpc) is 2.65. The van der Waals surface area contributed by atoms with Gasteiger partial charge in [-0.05, 0) is 37.5 Å². The van der Waals surface area contributed by atoms with Gasteiger partial charge in [-0.3, -0.25) is 4.68 Å². The lowest BCUT2D eigenvalue weighted by atomic mass is 10.00. The molecule has 0 atom stereocenters. The van der Waals surface area contributed by atoms with Crippen molar-refractivity contribution in [1.82, 2.24) is 9.78 Å². The van der Waals surface area contributed by atoms with Crippen molar-refractivity contribution in [2.75, 3.05) is 5.73 Å². The van der Waals surface area contributed by atoms with E-state index in [4.69, 9.17) is 10.8 Å². The molecule has 19 heavy (non-hydrogen) atoms. The normalized spacial score (nSPS) is 10.7. The van der Waals surface area contributed by atoms with Gasteiger partial charge < -0.3 is 10.8 Å². The number of rotatable bonds is 3. The van der Waals surface area contributed by atoms with E-state index in [1.54, 1.807) is 10.9 Å². The van der Waals surface area contributed by atoms with Crippen LogP contribution in [0.5, 0.6) is 0 Å². The number of anilines is 1. The van der Waals surface area contributed by atoms with E-state index in [0.29, 0.717) is 6.54 Å². The number of nitrogen functional groups attached to an aromatic ring is 1. The number of nitrogens with zero attached hydrogens (tertiary/aromatic N) is 2. The molecule has 0 radical (unpaired) electrons. The molecule has 2 rings (SSSR count). The summed E-state index contributed by atoms with van der Waals surface area (Å²) in [4.78, 5) is 10.9. The van der Waals surface area contributed by atoms with E-state index in [-0.39, 0.29) is 11.4 Å². The van der Waals surface area contributed by atoms with Gasteiger partial charge in [-0.1, -0.05) is 17.7 Å². The molecule has 3 N–H and O–H groups in total. The van der Waals surface area contributed by atoms with Crippen LogP contribution in [0.2, 0.25) is 0 Å². The number of hydrogen-bond donors (Lipinski definition) is 2. The number of benzene rings is 1. The molecule has 1 heterocycles. The van der Waals surface area contributed by atoms with Crippen LogP contribution in [-0.4, -0.2) is 20.9 Å². The van der Waals surface area contributed by atoms with Crippen LogP contribution in [0.4, 0.5) is 5.69 Å². The lowest BCUT2D eigenvalue weighted by Gasteiger charge is -2.11. The number of nitrogens with two attached hydrogens (primary N) is 1. The molecule has 0 aliphatic heterocycles. The van der Waals surface area contributed by atoms with Crippen molar-refractivity contribution < 1.29 is 9.90 Å². The van der Waals surface area contributed by atoms with Crippen LogP contribution in [0.15, 0.2) is 18.3 Å². The monoisotopic (exact) mass is 259 g/mol. The van der Waals surface area contributed by atoms with Crippen molar-refractivity contribution in [3.05, 3.63) is 46.3 Å². The predicted octanol–water partition coefficient (Wildman–Crippen LogP) is 2.14. The summed E-state index contributed by atoms with van der Waals surface area (Å²) >= 11 is 0. The maximum Gasteiger partial charge on any atom is 0.358 e. The second kappa shape index (κ2) is 4.76. The summed E-state index contributed by atoms with van der Waals surface area (Å²) in [5.41, 5.74) is 10.4. The molecule has 0 amide bonds. The SMILES string of the molecule is Cc1cc(C)c(Cn2cc(N)c(C(=O)O)n2)c(C)c1. The van der Waals surface area contributed by atoms with Crippen LogP contribution < -0.4 is 5.73 Å². The van der Waals surface area contributed by atoms with Crippen LogP contribution >= 0.6 is 0 Å². The minimum atomic E-state index is -1.10. The Morgan fingerprint density at radius 2 is 1.89 bits per heavy atom. The van der Waals surface area contributed by atoms with Gasteiger partial charge in [0.1, 0.15) is 0 Å². The summed E-state index contributed by atoms with van der Waals surface area (Å²) in [6.07, 6.45) is 1.56. The summed E-state index contributed by atoms with van der Waals surface area (Å²) in [6.45, 7) is 6.66. The Labute approximate surface area is 111 Å². The van der Waals surface area contributed by atoms with E-state index in [2.05, 4.69) is 24.2 Å². The molecule has 0 saturated carbocycles. The van der Waals surface area contributed by atoms with Crippen LogP contribution in [0.25, 0.3) is 0 Å². The molecule has 0 aliphatic rings. The van der Waals surface area contributed by atoms with Gasteiger partial charge in [-0.2, -0.15) is 5.10 Å². The fourth-order valence-electron chi connectivity index (χ4n) is 2.31. The zero-order valence-electron chi connectivity index (χ0n) is 11.3. The van der Waals surface area contributed by atoms with E-state index in [9.17, 15) is 4.79 Å². The summed E-state index contributed by atoms with van der Waals surface area (Å²) < 4.78 is 1.57. The second-order valence-corrected chi connectivity index (χ2v) is 4.81. The molecule has 1 aromatic carbocycles. The van der Waals surface area contributed by atoms with Gasteiger partial charge in [0.15, 0.2) is 5.69 Å². The molecule has 5 nitrogen and oxygen atoms in total. The molecule has 0 aliphatic carbocycles. The van der Waals surface area contributed by atoms with Crippen LogP contribution in [0.3, 0.4) is 0 Å². The number of aryl methyl sites for hydroxylation is 3. The van der Waals surface area contributed by atoms with Crippen molar-refractivity contribution >= 4 is 11.7 Å². The summed E-state index contributed by atoms with van der Waals surface area (Å²) in [6, 6.07) is 4.21. The van der Waals surface area contributed by atoms with Crippen molar-refractivity contribution in [3.8, 4) is 0 Å². The zero-order valence-corrected chi connectivity index (χ0v) is 11.3. The minimum Gasteiger partial charge on any atom is -0.476 e. The van der Waals surface area contributed by atoms with Crippen LogP contribution in [0.1, 0.15) is 32.7 Å². The number of carbonyl (C=O) groups is 1. The Balaban J connectivity index is 2.37. The Morgan fingerprint density at radius 1 is 1.32 bits per heavy atom. The van der Waals surface area contributed by atoms with Crippen molar-refractivity contribution in [1.29, 1.82) is 0 Å². The molecule has 100 valence electrons. The molecule has 5 heteroatoms. The van der Waals surface area contributed by atoms with E-state index >= 15 is 0 Å². The van der Waals surface area contributed by atoms with Gasteiger partial charge in [0.05, 0.1) is 12.2 Å². The first-order valence-electron chi connectivity index (χ1n) is 6.01. The zero-order chi connectivity index (χ0) is 14.2. The highest BCUT2D eigenvalue weighted by Gasteiger charge is 2.14. The number of carboxylic acids is 1. The quantitative estimate of drug-likeness (QED) is 0.884. The van der Waals surface area contributed by atoms with Gasteiger partial charge in [0, 0.05) is 6.20 Å². The molecule has 0 saturated heterocycles. The smallest absolute Gasteiger partial charge is 0.358 e. The Bertz CT molecular complexity index is 621. The summed E-state index contributed by atoms with van der Waals surface area (Å²) in [5, 5.41) is 12.9. The first-order chi connectivity index (χ1) is 8.88. The molecule has 0 fully saturated rings. The number of aromatic nitrogens is 2. The topological polar surface area (TPSA) is 81.1 Å². The summed E-state index contributed by atoms with van der Waals surface area (Å²) in [5.74, 6) is -1.10. The largest absolute Gasteiger partial charge is 0.476 e. The first-order valence-corrected chi connectivity index (χ1v) is 6.01. The first kappa shape index (κ1) is 13.1. The third kappa shape index (κ3) is 2.59. The predicted molar refractivity (Wildman–Crippen MR) is 73.4 cm³/mol. The van der Waals surface area contributed by atoms with E-state index < -0.39 is 5.97 Å². The number of hydrogen-bond acceptors (Lipinski definition) is 3. The van der Waals surface area contributed by atoms with Gasteiger partial charge in [0.2, 0.25) is 0 Å². The molecule has 1 aromatic heterocycles. The van der Waals surface area contributed by atoms with E-state index in [1.807, 2.05) is 13.8 Å². The Morgan fingerprint density at radius 3 is 2.37 bits per heavy atom. The number of carboxylic acid groups (broad SMARTS) is 1. The highest BCUT2D eigenvalue weighted by Crippen LogP contribution is 2.18. The Hall–Kier alpha value is -2.30. The molecule has 0 unspecified atom stereocenters. The van der Waals surface area contributed by atoms with Crippen LogP contribution in [0, 0.1) is 20.8 Å². The third-order valence-electron chi connectivity index (χ3n) is 3.15. The van der Waals surface area contributed by atoms with E-state index in [0.717, 1.165) is 5.56 Å². The van der Waals surface area contributed by atoms with Crippen molar-refractivity contribution in [2.24, 2.45) is 0 Å². The standard InChI is InChI=1S/C14H17N3O2/c1-8-4-9(2)11(10(3)5-8)6-17-7-12(15)13(16-17)14(18)19/h4-5,7H,6,15H2,1-3H3,(H,18,19). The van der Waals surface area contributed by atoms with Crippen LogP contribution in [-0.2, 0) is 6.54 Å². The fourth-order valence-corrected chi connectivity index (χ4v) is 2.31. The third-order valence-corrected chi connectivity index (χ3v) is 3.15. The summed E-state index contributed by atoms with van der Waals surface area (Å²) in [7, 11) is 0. The van der Waals surface area contributed by atoms with Gasteiger partial charge >= 0.3 is 5.97 Å². The van der Waals surface area contributed by atoms with Gasteiger partial charge in [0.25, 0.3) is 0 Å². The molecule has 0 spiro atoms. The minimum absolute atomic E-state index is 0.0950. The van der Waals surface area contributed by atoms with Crippen molar-refractivity contribution in [2.45, 2.75) is 27.3 Å². The fraction of sp³-hybridized carbons (Fsp3) is 0.286. The highest BCUT2D eigenvalue weighted by molar-refractivity contribution is 5.91. The second-order valence-electron chi connectivity index (χ2n) is 4.81. The van der Waals surface area contributed by atoms with Gasteiger partial charge in [-0.15, -0.1) is 0 Å². The highest BCUT2D eigenvalue weighted by atomic mass is 16.4. The average molecular weight is 259 g/mol. The van der Waals surface area contributed by atoms with Crippen molar-refractivity contribution in [3.63, 3.8) is 0 Å². The Kier molecular flexibility index (Phi) is 3.29. The lowest BCUT2D eigenvalue weighted by Crippen LogP contribution is -2.07. The molecular weight excluding hydrogens is 242 g/mol. The van der Waals surface area contributed by atoms with E-state index in [1.165, 1.54) is 16.7 Å². The maximum absolute atomic E-state index is 10.9. The molecule has 0 bridgehead atoms. The number of aromatic carboxylic acids is 1. The maximum atomic E-state index is 10.9. The van der Waals surface area contributed by atoms with Gasteiger partial charge in [-0.25, -0.2) is 4.79 Å². The molecule has 2 aromatic rings. The lowest BCUT2D eigenvalue weighted by molar-refractivity contribution is 0.0690. The molecular formula is C14H17N3O2.